The molecule has 1 saturated carbocycles. The molecule has 2 nitrogen and oxygen atoms in total. The lowest BCUT2D eigenvalue weighted by molar-refractivity contribution is -0.129. The summed E-state index contributed by atoms with van der Waals surface area (Å²) in [6.45, 7) is 2.47. The van der Waals surface area contributed by atoms with Crippen LogP contribution in [-0.2, 0) is 11.3 Å². The molecule has 1 aromatic carbocycles. The highest BCUT2D eigenvalue weighted by atomic mass is 19.3. The summed E-state index contributed by atoms with van der Waals surface area (Å²) in [5.41, 5.74) is 2.20. The van der Waals surface area contributed by atoms with Crippen molar-refractivity contribution in [3.05, 3.63) is 35.4 Å². The van der Waals surface area contributed by atoms with Crippen LogP contribution in [-0.4, -0.2) is 11.8 Å². The van der Waals surface area contributed by atoms with E-state index in [9.17, 15) is 13.6 Å². The molecule has 0 unspecified atom stereocenters. The molecule has 1 fully saturated rings. The van der Waals surface area contributed by atoms with Gasteiger partial charge in [-0.1, -0.05) is 29.8 Å². The number of carbonyl (C=O) groups is 1. The van der Waals surface area contributed by atoms with E-state index < -0.39 is 5.92 Å². The van der Waals surface area contributed by atoms with E-state index in [1.807, 2.05) is 31.2 Å². The average Bonchev–Trinajstić information content (AvgIpc) is 2.37. The zero-order valence-electron chi connectivity index (χ0n) is 11.1. The molecule has 0 radical (unpaired) electrons. The SMILES string of the molecule is Cc1ccc(CNC(=O)C2CCC(F)(F)CC2)cc1. The summed E-state index contributed by atoms with van der Waals surface area (Å²) < 4.78 is 26.0. The maximum atomic E-state index is 13.0. The number of benzene rings is 1. The molecule has 4 heteroatoms. The molecule has 1 aliphatic rings. The van der Waals surface area contributed by atoms with Gasteiger partial charge in [0.15, 0.2) is 0 Å². The third kappa shape index (κ3) is 4.01. The summed E-state index contributed by atoms with van der Waals surface area (Å²) in [6, 6.07) is 7.90. The van der Waals surface area contributed by atoms with E-state index >= 15 is 0 Å². The first-order chi connectivity index (χ1) is 8.96. The van der Waals surface area contributed by atoms with Crippen LogP contribution >= 0.6 is 0 Å². The van der Waals surface area contributed by atoms with Gasteiger partial charge in [-0.05, 0) is 25.3 Å². The molecule has 19 heavy (non-hydrogen) atoms. The van der Waals surface area contributed by atoms with E-state index in [2.05, 4.69) is 5.32 Å². The Morgan fingerprint density at radius 3 is 2.42 bits per heavy atom. The molecule has 0 aromatic heterocycles. The third-order valence-corrected chi connectivity index (χ3v) is 3.68. The second-order valence-corrected chi connectivity index (χ2v) is 5.33. The third-order valence-electron chi connectivity index (χ3n) is 3.68. The van der Waals surface area contributed by atoms with Gasteiger partial charge in [0.1, 0.15) is 0 Å². The van der Waals surface area contributed by atoms with Gasteiger partial charge in [0.05, 0.1) is 0 Å². The smallest absolute Gasteiger partial charge is 0.248 e. The van der Waals surface area contributed by atoms with Crippen LogP contribution in [0.3, 0.4) is 0 Å². The van der Waals surface area contributed by atoms with E-state index in [4.69, 9.17) is 0 Å². The Morgan fingerprint density at radius 2 is 1.84 bits per heavy atom. The standard InChI is InChI=1S/C15H19F2NO/c1-11-2-4-12(5-3-11)10-18-14(19)13-6-8-15(16,17)9-7-13/h2-5,13H,6-10H2,1H3,(H,18,19). The maximum Gasteiger partial charge on any atom is 0.248 e. The van der Waals surface area contributed by atoms with Crippen LogP contribution in [0.15, 0.2) is 24.3 Å². The predicted molar refractivity (Wildman–Crippen MR) is 69.9 cm³/mol. The lowest BCUT2D eigenvalue weighted by Gasteiger charge is -2.27. The van der Waals surface area contributed by atoms with Crippen molar-refractivity contribution in [3.8, 4) is 0 Å². The first-order valence-corrected chi connectivity index (χ1v) is 6.67. The Labute approximate surface area is 112 Å². The first-order valence-electron chi connectivity index (χ1n) is 6.67. The van der Waals surface area contributed by atoms with E-state index in [0.29, 0.717) is 6.54 Å². The van der Waals surface area contributed by atoms with Crippen molar-refractivity contribution in [3.63, 3.8) is 0 Å². The summed E-state index contributed by atoms with van der Waals surface area (Å²) >= 11 is 0. The van der Waals surface area contributed by atoms with Crippen LogP contribution in [0.1, 0.15) is 36.8 Å². The minimum atomic E-state index is -2.58. The Morgan fingerprint density at radius 1 is 1.26 bits per heavy atom. The van der Waals surface area contributed by atoms with E-state index in [0.717, 1.165) is 5.56 Å². The molecule has 104 valence electrons. The fourth-order valence-corrected chi connectivity index (χ4v) is 2.34. The maximum absolute atomic E-state index is 13.0. The molecule has 2 rings (SSSR count). The van der Waals surface area contributed by atoms with Gasteiger partial charge in [-0.15, -0.1) is 0 Å². The van der Waals surface area contributed by atoms with Crippen molar-refractivity contribution >= 4 is 5.91 Å². The van der Waals surface area contributed by atoms with Gasteiger partial charge in [-0.2, -0.15) is 0 Å². The second kappa shape index (κ2) is 5.68. The molecule has 0 aliphatic heterocycles. The van der Waals surface area contributed by atoms with Crippen LogP contribution in [0.4, 0.5) is 8.78 Å². The second-order valence-electron chi connectivity index (χ2n) is 5.33. The highest BCUT2D eigenvalue weighted by Crippen LogP contribution is 2.36. The molecule has 0 saturated heterocycles. The number of carbonyl (C=O) groups excluding carboxylic acids is 1. The van der Waals surface area contributed by atoms with Crippen molar-refractivity contribution in [2.75, 3.05) is 0 Å². The molecule has 0 bridgehead atoms. The summed E-state index contributed by atoms with van der Waals surface area (Å²) in [5, 5.41) is 2.83. The van der Waals surface area contributed by atoms with Crippen LogP contribution in [0.5, 0.6) is 0 Å². The monoisotopic (exact) mass is 267 g/mol. The summed E-state index contributed by atoms with van der Waals surface area (Å²) in [6.07, 6.45) is 0.227. The first kappa shape index (κ1) is 14.0. The number of alkyl halides is 2. The number of rotatable bonds is 3. The minimum Gasteiger partial charge on any atom is -0.352 e. The van der Waals surface area contributed by atoms with Gasteiger partial charge < -0.3 is 5.32 Å². The minimum absolute atomic E-state index is 0.101. The quantitative estimate of drug-likeness (QED) is 0.893. The van der Waals surface area contributed by atoms with Crippen LogP contribution in [0.25, 0.3) is 0 Å². The normalized spacial score (nSPS) is 19.1. The van der Waals surface area contributed by atoms with Crippen LogP contribution in [0.2, 0.25) is 0 Å². The Hall–Kier alpha value is -1.45. The highest BCUT2D eigenvalue weighted by molar-refractivity contribution is 5.78. The lowest BCUT2D eigenvalue weighted by Crippen LogP contribution is -2.35. The van der Waals surface area contributed by atoms with E-state index in [-0.39, 0.29) is 37.5 Å². The lowest BCUT2D eigenvalue weighted by atomic mass is 9.86. The van der Waals surface area contributed by atoms with Gasteiger partial charge >= 0.3 is 0 Å². The number of hydrogen-bond donors (Lipinski definition) is 1. The molecule has 0 atom stereocenters. The van der Waals surface area contributed by atoms with E-state index in [1.165, 1.54) is 5.56 Å². The van der Waals surface area contributed by atoms with Gasteiger partial charge in [0, 0.05) is 25.3 Å². The number of hydrogen-bond acceptors (Lipinski definition) is 1. The molecule has 1 aromatic rings. The number of nitrogens with one attached hydrogen (secondary N) is 1. The Kier molecular flexibility index (Phi) is 4.17. The molecule has 1 N–H and O–H groups in total. The largest absolute Gasteiger partial charge is 0.352 e. The van der Waals surface area contributed by atoms with Crippen molar-refractivity contribution in [2.24, 2.45) is 5.92 Å². The van der Waals surface area contributed by atoms with Crippen LogP contribution < -0.4 is 5.32 Å². The Bertz CT molecular complexity index is 432. The zero-order valence-corrected chi connectivity index (χ0v) is 11.1. The predicted octanol–water partition coefficient (Wildman–Crippen LogP) is 3.44. The van der Waals surface area contributed by atoms with Crippen molar-refractivity contribution in [1.82, 2.24) is 5.32 Å². The molecule has 1 aliphatic carbocycles. The highest BCUT2D eigenvalue weighted by Gasteiger charge is 2.37. The average molecular weight is 267 g/mol. The number of amides is 1. The topological polar surface area (TPSA) is 29.1 Å². The Balaban J connectivity index is 1.80. The van der Waals surface area contributed by atoms with Gasteiger partial charge in [0.25, 0.3) is 0 Å². The van der Waals surface area contributed by atoms with E-state index in [1.54, 1.807) is 0 Å². The molecular formula is C15H19F2NO. The molecule has 0 spiro atoms. The van der Waals surface area contributed by atoms with Crippen molar-refractivity contribution in [1.29, 1.82) is 0 Å². The fraction of sp³-hybridized carbons (Fsp3) is 0.533. The fourth-order valence-electron chi connectivity index (χ4n) is 2.34. The number of halogens is 2. The van der Waals surface area contributed by atoms with Gasteiger partial charge in [-0.25, -0.2) is 8.78 Å². The van der Waals surface area contributed by atoms with Crippen LogP contribution in [0, 0.1) is 12.8 Å². The van der Waals surface area contributed by atoms with Gasteiger partial charge in [0.2, 0.25) is 11.8 Å². The molecule has 0 heterocycles. The summed E-state index contributed by atoms with van der Waals surface area (Å²) in [7, 11) is 0. The van der Waals surface area contributed by atoms with Crippen molar-refractivity contribution < 1.29 is 13.6 Å². The zero-order chi connectivity index (χ0) is 13.9. The summed E-state index contributed by atoms with van der Waals surface area (Å²) in [4.78, 5) is 11.9. The summed E-state index contributed by atoms with van der Waals surface area (Å²) in [5.74, 6) is -2.94. The number of aryl methyl sites for hydroxylation is 1. The molecule has 1 amide bonds. The molecular weight excluding hydrogens is 248 g/mol. The van der Waals surface area contributed by atoms with Crippen molar-refractivity contribution in [2.45, 2.75) is 45.1 Å². The van der Waals surface area contributed by atoms with Gasteiger partial charge in [-0.3, -0.25) is 4.79 Å².